The zero-order chi connectivity index (χ0) is 15.8. The average Bonchev–Trinajstić information content (AvgIpc) is 2.56. The minimum atomic E-state index is -0.432. The zero-order valence-electron chi connectivity index (χ0n) is 15.2. The van der Waals surface area contributed by atoms with Crippen LogP contribution in [0.25, 0.3) is 0 Å². The molecule has 118 valence electrons. The molecule has 0 amide bonds. The molecule has 0 unspecified atom stereocenters. The number of unbranched alkanes of at least 4 members (excludes halogenated alkanes) is 1. The fourth-order valence-electron chi connectivity index (χ4n) is 1.79. The van der Waals surface area contributed by atoms with Crippen molar-refractivity contribution in [1.29, 1.82) is 0 Å². The maximum Gasteiger partial charge on any atom is 2.00 e. The number of hydrogen-bond donors (Lipinski definition) is 0. The van der Waals surface area contributed by atoms with Crippen molar-refractivity contribution < 1.29 is 21.9 Å². The van der Waals surface area contributed by atoms with Crippen LogP contribution < -0.4 is 4.74 Å². The molecule has 0 atom stereocenters. The van der Waals surface area contributed by atoms with E-state index in [4.69, 9.17) is 9.47 Å². The second kappa shape index (κ2) is 10.4. The molecule has 0 aliphatic heterocycles. The van der Waals surface area contributed by atoms with Gasteiger partial charge in [-0.25, -0.2) is 9.59 Å². The molecule has 4 nitrogen and oxygen atoms in total. The van der Waals surface area contributed by atoms with E-state index in [1.807, 2.05) is 13.0 Å². The van der Waals surface area contributed by atoms with Crippen molar-refractivity contribution in [2.45, 2.75) is 19.8 Å². The van der Waals surface area contributed by atoms with Gasteiger partial charge in [0.2, 0.25) is 0 Å². The maximum absolute atomic E-state index is 11.9. The Kier molecular flexibility index (Phi) is 8.92. The Morgan fingerprint density at radius 1 is 0.913 bits per heavy atom. The third-order valence-electron chi connectivity index (χ3n) is 3.04. The monoisotopic (exact) mass is 340 g/mol. The third-order valence-corrected chi connectivity index (χ3v) is 3.04. The van der Waals surface area contributed by atoms with E-state index in [2.05, 4.69) is 0 Å². The van der Waals surface area contributed by atoms with Crippen LogP contribution in [0.15, 0.2) is 54.6 Å². The molecular weight excluding hydrogens is 320 g/mol. The van der Waals surface area contributed by atoms with Crippen molar-refractivity contribution >= 4 is 49.7 Å². The number of ether oxygens (including phenoxy) is 2. The molecule has 0 aliphatic rings. The molecule has 0 bridgehead atoms. The normalized spacial score (nSPS) is 9.61. The van der Waals surface area contributed by atoms with Crippen molar-refractivity contribution in [2.24, 2.45) is 0 Å². The van der Waals surface area contributed by atoms with Crippen molar-refractivity contribution in [3.8, 4) is 5.75 Å². The zero-order valence-corrected chi connectivity index (χ0v) is 15.4. The van der Waals surface area contributed by atoms with Gasteiger partial charge in [0.05, 0.1) is 17.7 Å². The van der Waals surface area contributed by atoms with Crippen LogP contribution in [-0.4, -0.2) is 56.3 Å². The van der Waals surface area contributed by atoms with Gasteiger partial charge in [-0.3, -0.25) is 0 Å². The Morgan fingerprint density at radius 3 is 2.13 bits per heavy atom. The van der Waals surface area contributed by atoms with Crippen LogP contribution in [0.1, 0.15) is 43.3 Å². The number of benzene rings is 2. The van der Waals surface area contributed by atoms with Gasteiger partial charge in [-0.15, -0.1) is 0 Å². The molecule has 0 spiro atoms. The summed E-state index contributed by atoms with van der Waals surface area (Å²) in [5.41, 5.74) is 0.918. The van der Waals surface area contributed by atoms with Crippen LogP contribution in [0.5, 0.6) is 5.75 Å². The van der Waals surface area contributed by atoms with Crippen molar-refractivity contribution in [2.75, 3.05) is 6.61 Å². The first-order valence-corrected chi connectivity index (χ1v) is 7.25. The number of rotatable bonds is 6. The van der Waals surface area contributed by atoms with Gasteiger partial charge in [0.15, 0.2) is 0 Å². The Bertz CT molecular complexity index is 633. The molecule has 0 aromatic heterocycles. The quantitative estimate of drug-likeness (QED) is 0.348. The van der Waals surface area contributed by atoms with E-state index in [0.29, 0.717) is 23.5 Å². The molecular formula is C18H20CaO4. The van der Waals surface area contributed by atoms with Crippen LogP contribution in [0.4, 0.5) is 0 Å². The SMILES string of the molecule is CCCCOC(=O)c1ccc(OC(=O)c2ccccc2)cc1.[Ca+2].[H-].[H-]. The van der Waals surface area contributed by atoms with Gasteiger partial charge in [-0.05, 0) is 42.8 Å². The van der Waals surface area contributed by atoms with E-state index in [-0.39, 0.29) is 46.6 Å². The molecule has 0 saturated carbocycles. The fourth-order valence-corrected chi connectivity index (χ4v) is 1.79. The van der Waals surface area contributed by atoms with E-state index in [9.17, 15) is 9.59 Å². The van der Waals surface area contributed by atoms with Crippen LogP contribution in [0, 0.1) is 0 Å². The third kappa shape index (κ3) is 6.34. The summed E-state index contributed by atoms with van der Waals surface area (Å²) in [5.74, 6) is -0.410. The Balaban J connectivity index is 0. The molecule has 0 N–H and O–H groups in total. The summed E-state index contributed by atoms with van der Waals surface area (Å²) >= 11 is 0. The Hall–Kier alpha value is -1.36. The fraction of sp³-hybridized carbons (Fsp3) is 0.222. The molecule has 0 fully saturated rings. The molecule has 0 radical (unpaired) electrons. The van der Waals surface area contributed by atoms with Gasteiger partial charge in [0.1, 0.15) is 5.75 Å². The van der Waals surface area contributed by atoms with Crippen LogP contribution >= 0.6 is 0 Å². The first kappa shape index (κ1) is 19.7. The minimum absolute atomic E-state index is 0. The summed E-state index contributed by atoms with van der Waals surface area (Å²) in [6.45, 7) is 2.45. The second-order valence-electron chi connectivity index (χ2n) is 4.77. The smallest absolute Gasteiger partial charge is 1.00 e. The van der Waals surface area contributed by atoms with E-state index in [1.54, 1.807) is 48.5 Å². The second-order valence-corrected chi connectivity index (χ2v) is 4.77. The first-order valence-electron chi connectivity index (χ1n) is 7.25. The van der Waals surface area contributed by atoms with E-state index < -0.39 is 5.97 Å². The molecule has 2 rings (SSSR count). The van der Waals surface area contributed by atoms with E-state index in [1.165, 1.54) is 0 Å². The molecule has 0 saturated heterocycles. The predicted octanol–water partition coefficient (Wildman–Crippen LogP) is 3.71. The standard InChI is InChI=1S/C18H18O4.Ca.2H/c1-2-3-13-21-17(19)15-9-11-16(12-10-15)22-18(20)14-7-5-4-6-8-14;;;/h4-12H,2-3,13H2,1H3;;;/q;+2;2*-1. The van der Waals surface area contributed by atoms with Crippen LogP contribution in [0.2, 0.25) is 0 Å². The maximum atomic E-state index is 11.9. The molecule has 0 heterocycles. The van der Waals surface area contributed by atoms with Gasteiger partial charge in [0, 0.05) is 0 Å². The van der Waals surface area contributed by atoms with E-state index >= 15 is 0 Å². The summed E-state index contributed by atoms with van der Waals surface area (Å²) in [4.78, 5) is 23.6. The summed E-state index contributed by atoms with van der Waals surface area (Å²) in [6.07, 6.45) is 1.82. The van der Waals surface area contributed by atoms with Gasteiger partial charge < -0.3 is 12.3 Å². The van der Waals surface area contributed by atoms with Gasteiger partial charge in [-0.2, -0.15) is 0 Å². The van der Waals surface area contributed by atoms with Gasteiger partial charge in [0.25, 0.3) is 0 Å². The Labute approximate surface area is 168 Å². The summed E-state index contributed by atoms with van der Waals surface area (Å²) in [7, 11) is 0. The Morgan fingerprint density at radius 2 is 1.52 bits per heavy atom. The van der Waals surface area contributed by atoms with Crippen LogP contribution in [0.3, 0.4) is 0 Å². The number of carbonyl (C=O) groups is 2. The van der Waals surface area contributed by atoms with Gasteiger partial charge in [-0.1, -0.05) is 31.5 Å². The molecule has 2 aromatic carbocycles. The minimum Gasteiger partial charge on any atom is -1.00 e. The van der Waals surface area contributed by atoms with Crippen molar-refractivity contribution in [3.63, 3.8) is 0 Å². The molecule has 2 aromatic rings. The molecule has 0 aliphatic carbocycles. The molecule has 23 heavy (non-hydrogen) atoms. The van der Waals surface area contributed by atoms with Crippen LogP contribution in [-0.2, 0) is 4.74 Å². The van der Waals surface area contributed by atoms with Crippen molar-refractivity contribution in [1.82, 2.24) is 0 Å². The molecule has 5 heteroatoms. The van der Waals surface area contributed by atoms with E-state index in [0.717, 1.165) is 12.8 Å². The van der Waals surface area contributed by atoms with Gasteiger partial charge >= 0.3 is 49.7 Å². The van der Waals surface area contributed by atoms with Crippen molar-refractivity contribution in [3.05, 3.63) is 65.7 Å². The number of esters is 2. The average molecular weight is 340 g/mol. The largest absolute Gasteiger partial charge is 2.00 e. The predicted molar refractivity (Wildman–Crippen MR) is 91.0 cm³/mol. The first-order chi connectivity index (χ1) is 10.7. The topological polar surface area (TPSA) is 52.6 Å². The summed E-state index contributed by atoms with van der Waals surface area (Å²) in [6, 6.07) is 15.1. The number of carbonyl (C=O) groups excluding carboxylic acids is 2. The summed E-state index contributed by atoms with van der Waals surface area (Å²) in [5, 5.41) is 0. The number of hydrogen-bond acceptors (Lipinski definition) is 4. The summed E-state index contributed by atoms with van der Waals surface area (Å²) < 4.78 is 10.4.